The quantitative estimate of drug-likeness (QED) is 0.429. The minimum atomic E-state index is -3.85. The van der Waals surface area contributed by atoms with Gasteiger partial charge in [-0.25, -0.2) is 23.5 Å². The normalized spacial score (nSPS) is 11.5. The molecule has 0 saturated heterocycles. The van der Waals surface area contributed by atoms with Crippen molar-refractivity contribution in [3.8, 4) is 22.6 Å². The Kier molecular flexibility index (Phi) is 5.76. The summed E-state index contributed by atoms with van der Waals surface area (Å²) < 4.78 is 34.7. The summed E-state index contributed by atoms with van der Waals surface area (Å²) in [6.07, 6.45) is 0. The SMILES string of the molecule is COc1ccc(-c2csc3nc(C)nc(Nc4ccc(C)c(S(N)(=O)=O)c4)c23)cc1OC. The molecule has 3 N–H and O–H groups in total. The van der Waals surface area contributed by atoms with E-state index in [-0.39, 0.29) is 4.90 Å². The van der Waals surface area contributed by atoms with Crippen LogP contribution in [0.4, 0.5) is 11.5 Å². The number of rotatable bonds is 6. The number of nitrogens with two attached hydrogens (primary N) is 1. The van der Waals surface area contributed by atoms with Crippen LogP contribution in [0.2, 0.25) is 0 Å². The van der Waals surface area contributed by atoms with Gasteiger partial charge in [0.15, 0.2) is 11.5 Å². The van der Waals surface area contributed by atoms with E-state index >= 15 is 0 Å². The van der Waals surface area contributed by atoms with Crippen LogP contribution in [0.25, 0.3) is 21.3 Å². The van der Waals surface area contributed by atoms with Crippen LogP contribution in [0.1, 0.15) is 11.4 Å². The predicted octanol–water partition coefficient (Wildman–Crippen LogP) is 4.38. The number of thiophene rings is 1. The lowest BCUT2D eigenvalue weighted by atomic mass is 10.1. The Morgan fingerprint density at radius 2 is 1.75 bits per heavy atom. The second-order valence-corrected chi connectivity index (χ2v) is 9.56. The fourth-order valence-electron chi connectivity index (χ4n) is 3.48. The molecule has 0 saturated carbocycles. The average molecular weight is 471 g/mol. The van der Waals surface area contributed by atoms with Crippen molar-refractivity contribution in [3.05, 3.63) is 53.2 Å². The van der Waals surface area contributed by atoms with Crippen LogP contribution in [0.3, 0.4) is 0 Å². The maximum Gasteiger partial charge on any atom is 0.238 e. The van der Waals surface area contributed by atoms with Gasteiger partial charge in [-0.3, -0.25) is 0 Å². The standard InChI is InChI=1S/C22H22N4O4S2/c1-12-5-7-15(10-19(12)32(23,27)28)26-21-20-16(11-31-22(20)25-13(2)24-21)14-6-8-17(29-3)18(9-14)30-4/h5-11H,1-4H3,(H2,23,27,28)(H,24,25,26). The molecule has 0 unspecified atom stereocenters. The van der Waals surface area contributed by atoms with Crippen LogP contribution in [-0.4, -0.2) is 32.6 Å². The Morgan fingerprint density at radius 1 is 1.00 bits per heavy atom. The number of aromatic nitrogens is 2. The molecule has 4 rings (SSSR count). The molecule has 0 aliphatic carbocycles. The zero-order chi connectivity index (χ0) is 23.0. The molecule has 0 aliphatic heterocycles. The number of nitrogens with zero attached hydrogens (tertiary/aromatic N) is 2. The molecular formula is C22H22N4O4S2. The summed E-state index contributed by atoms with van der Waals surface area (Å²) in [5.74, 6) is 2.42. The molecule has 8 nitrogen and oxygen atoms in total. The highest BCUT2D eigenvalue weighted by Crippen LogP contribution is 2.40. The number of anilines is 2. The zero-order valence-electron chi connectivity index (χ0n) is 18.0. The Bertz CT molecular complexity index is 1430. The lowest BCUT2D eigenvalue weighted by Crippen LogP contribution is -2.14. The van der Waals surface area contributed by atoms with Crippen LogP contribution in [0.5, 0.6) is 11.5 Å². The van der Waals surface area contributed by atoms with Gasteiger partial charge in [0.25, 0.3) is 0 Å². The summed E-state index contributed by atoms with van der Waals surface area (Å²) in [7, 11) is -0.669. The van der Waals surface area contributed by atoms with E-state index in [1.165, 1.54) is 17.4 Å². The summed E-state index contributed by atoms with van der Waals surface area (Å²) in [5.41, 5.74) is 2.97. The Hall–Kier alpha value is -3.21. The molecule has 0 aliphatic rings. The zero-order valence-corrected chi connectivity index (χ0v) is 19.6. The van der Waals surface area contributed by atoms with E-state index in [2.05, 4.69) is 15.3 Å². The molecule has 0 spiro atoms. The molecule has 0 bridgehead atoms. The first kappa shape index (κ1) is 22.0. The lowest BCUT2D eigenvalue weighted by molar-refractivity contribution is 0.355. The summed E-state index contributed by atoms with van der Waals surface area (Å²) >= 11 is 1.50. The van der Waals surface area contributed by atoms with Crippen LogP contribution in [0.15, 0.2) is 46.7 Å². The fourth-order valence-corrected chi connectivity index (χ4v) is 5.28. The molecule has 2 aromatic carbocycles. The molecule has 32 heavy (non-hydrogen) atoms. The summed E-state index contributed by atoms with van der Waals surface area (Å²) in [5, 5.41) is 11.5. The topological polar surface area (TPSA) is 116 Å². The first-order valence-electron chi connectivity index (χ1n) is 9.60. The van der Waals surface area contributed by atoms with E-state index in [0.717, 1.165) is 21.3 Å². The average Bonchev–Trinajstić information content (AvgIpc) is 3.17. The third-order valence-corrected chi connectivity index (χ3v) is 6.92. The number of nitrogens with one attached hydrogen (secondary N) is 1. The molecule has 0 fully saturated rings. The van der Waals surface area contributed by atoms with Crippen molar-refractivity contribution in [3.63, 3.8) is 0 Å². The van der Waals surface area contributed by atoms with Gasteiger partial charge in [-0.15, -0.1) is 11.3 Å². The fraction of sp³-hybridized carbons (Fsp3) is 0.182. The van der Waals surface area contributed by atoms with E-state index in [4.69, 9.17) is 14.6 Å². The predicted molar refractivity (Wildman–Crippen MR) is 127 cm³/mol. The Balaban J connectivity index is 1.86. The number of methoxy groups -OCH3 is 2. The van der Waals surface area contributed by atoms with E-state index in [1.807, 2.05) is 30.5 Å². The summed E-state index contributed by atoms with van der Waals surface area (Å²) in [6.45, 7) is 3.51. The monoisotopic (exact) mass is 470 g/mol. The van der Waals surface area contributed by atoms with Crippen molar-refractivity contribution < 1.29 is 17.9 Å². The third kappa shape index (κ3) is 4.12. The molecule has 2 heterocycles. The van der Waals surface area contributed by atoms with Gasteiger partial charge in [0, 0.05) is 16.6 Å². The Labute approximate surface area is 190 Å². The number of hydrogen-bond donors (Lipinski definition) is 2. The molecule has 166 valence electrons. The van der Waals surface area contributed by atoms with Gasteiger partial charge in [0.1, 0.15) is 16.5 Å². The highest BCUT2D eigenvalue weighted by Gasteiger charge is 2.18. The van der Waals surface area contributed by atoms with Gasteiger partial charge >= 0.3 is 0 Å². The summed E-state index contributed by atoms with van der Waals surface area (Å²) in [4.78, 5) is 10.0. The lowest BCUT2D eigenvalue weighted by Gasteiger charge is -2.13. The minimum Gasteiger partial charge on any atom is -0.493 e. The number of ether oxygens (including phenoxy) is 2. The molecule has 4 aromatic rings. The van der Waals surface area contributed by atoms with Crippen molar-refractivity contribution in [2.75, 3.05) is 19.5 Å². The van der Waals surface area contributed by atoms with Crippen LogP contribution in [0, 0.1) is 13.8 Å². The van der Waals surface area contributed by atoms with Crippen LogP contribution >= 0.6 is 11.3 Å². The molecule has 0 amide bonds. The number of sulfonamides is 1. The first-order chi connectivity index (χ1) is 15.2. The minimum absolute atomic E-state index is 0.0648. The van der Waals surface area contributed by atoms with Gasteiger partial charge in [-0.2, -0.15) is 0 Å². The van der Waals surface area contributed by atoms with Crippen molar-refractivity contribution >= 4 is 43.1 Å². The Morgan fingerprint density at radius 3 is 2.44 bits per heavy atom. The second kappa shape index (κ2) is 8.38. The van der Waals surface area contributed by atoms with Crippen molar-refractivity contribution in [1.82, 2.24) is 9.97 Å². The molecule has 10 heteroatoms. The highest BCUT2D eigenvalue weighted by molar-refractivity contribution is 7.89. The number of fused-ring (bicyclic) bond motifs is 1. The maximum atomic E-state index is 11.9. The number of hydrogen-bond acceptors (Lipinski definition) is 8. The molecular weight excluding hydrogens is 448 g/mol. The largest absolute Gasteiger partial charge is 0.493 e. The van der Waals surface area contributed by atoms with Crippen LogP contribution < -0.4 is 19.9 Å². The van der Waals surface area contributed by atoms with E-state index in [1.54, 1.807) is 33.3 Å². The highest BCUT2D eigenvalue weighted by atomic mass is 32.2. The first-order valence-corrected chi connectivity index (χ1v) is 12.0. The number of primary sulfonamides is 1. The van der Waals surface area contributed by atoms with Crippen molar-refractivity contribution in [1.29, 1.82) is 0 Å². The maximum absolute atomic E-state index is 11.9. The summed E-state index contributed by atoms with van der Waals surface area (Å²) in [6, 6.07) is 10.7. The molecule has 2 aromatic heterocycles. The van der Waals surface area contributed by atoms with E-state index < -0.39 is 10.0 Å². The van der Waals surface area contributed by atoms with Gasteiger partial charge in [0.2, 0.25) is 10.0 Å². The van der Waals surface area contributed by atoms with E-state index in [9.17, 15) is 8.42 Å². The van der Waals surface area contributed by atoms with E-state index in [0.29, 0.717) is 34.4 Å². The van der Waals surface area contributed by atoms with Crippen molar-refractivity contribution in [2.45, 2.75) is 18.7 Å². The third-order valence-electron chi connectivity index (χ3n) is 5.00. The number of benzene rings is 2. The van der Waals surface area contributed by atoms with Gasteiger partial charge < -0.3 is 14.8 Å². The van der Waals surface area contributed by atoms with Gasteiger partial charge in [0.05, 0.1) is 24.5 Å². The van der Waals surface area contributed by atoms with Gasteiger partial charge in [-0.05, 0) is 49.2 Å². The van der Waals surface area contributed by atoms with Crippen molar-refractivity contribution in [2.24, 2.45) is 5.14 Å². The van der Waals surface area contributed by atoms with Gasteiger partial charge in [-0.1, -0.05) is 12.1 Å². The number of aryl methyl sites for hydroxylation is 2. The smallest absolute Gasteiger partial charge is 0.238 e. The molecule has 0 atom stereocenters. The second-order valence-electron chi connectivity index (χ2n) is 7.17. The molecule has 0 radical (unpaired) electrons. The van der Waals surface area contributed by atoms with Crippen LogP contribution in [-0.2, 0) is 10.0 Å².